The van der Waals surface area contributed by atoms with Crippen LogP contribution in [0.25, 0.3) is 10.1 Å². The Morgan fingerprint density at radius 3 is 2.57 bits per heavy atom. The van der Waals surface area contributed by atoms with Gasteiger partial charge in [-0.05, 0) is 17.5 Å². The molecule has 0 amide bonds. The van der Waals surface area contributed by atoms with Gasteiger partial charge in [0.1, 0.15) is 5.82 Å². The molecule has 0 atom stereocenters. The standard InChI is InChI=1S/C9H3F4S/c10-7-3-5-1-2-14-8(5)4-6(7)9(11,12)13/h2-4H. The van der Waals surface area contributed by atoms with E-state index in [0.717, 1.165) is 23.5 Å². The first-order chi connectivity index (χ1) is 6.48. The minimum atomic E-state index is -4.64. The van der Waals surface area contributed by atoms with Crippen LogP contribution < -0.4 is 0 Å². The van der Waals surface area contributed by atoms with Gasteiger partial charge in [-0.2, -0.15) is 13.2 Å². The molecule has 1 aromatic carbocycles. The highest BCUT2D eigenvalue weighted by molar-refractivity contribution is 7.17. The Labute approximate surface area is 80.8 Å². The number of hydrogen-bond acceptors (Lipinski definition) is 1. The third-order valence-electron chi connectivity index (χ3n) is 1.77. The molecule has 5 heteroatoms. The van der Waals surface area contributed by atoms with Crippen LogP contribution in [0.1, 0.15) is 5.56 Å². The van der Waals surface area contributed by atoms with E-state index in [0.29, 0.717) is 10.1 Å². The summed E-state index contributed by atoms with van der Waals surface area (Å²) in [6.45, 7) is 0. The van der Waals surface area contributed by atoms with Gasteiger partial charge in [-0.1, -0.05) is 0 Å². The molecule has 73 valence electrons. The van der Waals surface area contributed by atoms with Crippen LogP contribution in [-0.2, 0) is 6.18 Å². The Kier molecular flexibility index (Phi) is 1.99. The fourth-order valence-corrected chi connectivity index (χ4v) is 1.88. The first kappa shape index (κ1) is 9.45. The maximum Gasteiger partial charge on any atom is 0.419 e. The molecule has 1 aromatic heterocycles. The Balaban J connectivity index is 2.71. The molecule has 1 heterocycles. The number of hydrogen-bond donors (Lipinski definition) is 0. The molecule has 0 aliphatic carbocycles. The van der Waals surface area contributed by atoms with Gasteiger partial charge in [0, 0.05) is 16.2 Å². The molecule has 2 rings (SSSR count). The van der Waals surface area contributed by atoms with Crippen LogP contribution in [0.2, 0.25) is 0 Å². The first-order valence-electron chi connectivity index (χ1n) is 3.64. The van der Waals surface area contributed by atoms with Crippen molar-refractivity contribution in [1.29, 1.82) is 0 Å². The van der Waals surface area contributed by atoms with Gasteiger partial charge in [0.25, 0.3) is 0 Å². The summed E-state index contributed by atoms with van der Waals surface area (Å²) in [6.07, 6.45) is -4.64. The summed E-state index contributed by atoms with van der Waals surface area (Å²) in [4.78, 5) is 0. The predicted molar refractivity (Wildman–Crippen MR) is 45.6 cm³/mol. The van der Waals surface area contributed by atoms with Crippen LogP contribution in [0.3, 0.4) is 0 Å². The van der Waals surface area contributed by atoms with Crippen molar-refractivity contribution in [3.63, 3.8) is 0 Å². The van der Waals surface area contributed by atoms with Crippen LogP contribution >= 0.6 is 11.3 Å². The lowest BCUT2D eigenvalue weighted by molar-refractivity contribution is -0.139. The van der Waals surface area contributed by atoms with E-state index in [4.69, 9.17) is 0 Å². The number of fused-ring (bicyclic) bond motifs is 1. The third kappa shape index (κ3) is 1.48. The van der Waals surface area contributed by atoms with Gasteiger partial charge in [-0.3, -0.25) is 0 Å². The molecular formula is C9H3F4S. The fourth-order valence-electron chi connectivity index (χ4n) is 1.14. The SMILES string of the molecule is Fc1cc2[c]csc2cc1C(F)(F)F. The largest absolute Gasteiger partial charge is 0.419 e. The van der Waals surface area contributed by atoms with Gasteiger partial charge in [-0.25, -0.2) is 4.39 Å². The third-order valence-corrected chi connectivity index (χ3v) is 2.60. The van der Waals surface area contributed by atoms with Crippen LogP contribution in [-0.4, -0.2) is 0 Å². The van der Waals surface area contributed by atoms with Crippen molar-refractivity contribution in [3.05, 3.63) is 35.0 Å². The summed E-state index contributed by atoms with van der Waals surface area (Å²) >= 11 is 1.10. The van der Waals surface area contributed by atoms with Crippen LogP contribution in [0.15, 0.2) is 17.5 Å². The predicted octanol–water partition coefficient (Wildman–Crippen LogP) is 3.86. The second-order valence-electron chi connectivity index (χ2n) is 2.71. The minimum absolute atomic E-state index is 0.375. The summed E-state index contributed by atoms with van der Waals surface area (Å²) in [5.74, 6) is -1.25. The van der Waals surface area contributed by atoms with E-state index in [2.05, 4.69) is 6.07 Å². The van der Waals surface area contributed by atoms with E-state index >= 15 is 0 Å². The second kappa shape index (κ2) is 2.95. The zero-order valence-electron chi connectivity index (χ0n) is 6.65. The fraction of sp³-hybridized carbons (Fsp3) is 0.111. The molecule has 14 heavy (non-hydrogen) atoms. The van der Waals surface area contributed by atoms with E-state index < -0.39 is 17.6 Å². The minimum Gasteiger partial charge on any atom is -0.206 e. The quantitative estimate of drug-likeness (QED) is 0.590. The normalized spacial score (nSPS) is 12.3. The Morgan fingerprint density at radius 1 is 1.21 bits per heavy atom. The molecule has 2 aromatic rings. The van der Waals surface area contributed by atoms with Gasteiger partial charge < -0.3 is 0 Å². The van der Waals surface area contributed by atoms with Crippen LogP contribution in [0.5, 0.6) is 0 Å². The van der Waals surface area contributed by atoms with Gasteiger partial charge >= 0.3 is 6.18 Å². The summed E-state index contributed by atoms with van der Waals surface area (Å²) in [5.41, 5.74) is -1.22. The average Bonchev–Trinajstić information content (AvgIpc) is 2.47. The smallest absolute Gasteiger partial charge is 0.206 e. The highest BCUT2D eigenvalue weighted by Crippen LogP contribution is 2.34. The van der Waals surface area contributed by atoms with Crippen molar-refractivity contribution in [1.82, 2.24) is 0 Å². The van der Waals surface area contributed by atoms with E-state index in [1.165, 1.54) is 5.38 Å². The highest BCUT2D eigenvalue weighted by atomic mass is 32.1. The van der Waals surface area contributed by atoms with Gasteiger partial charge in [0.05, 0.1) is 5.56 Å². The molecule has 0 N–H and O–H groups in total. The summed E-state index contributed by atoms with van der Waals surface area (Å²) in [6, 6.07) is 4.32. The second-order valence-corrected chi connectivity index (χ2v) is 3.62. The van der Waals surface area contributed by atoms with Crippen molar-refractivity contribution in [3.8, 4) is 0 Å². The zero-order chi connectivity index (χ0) is 10.3. The lowest BCUT2D eigenvalue weighted by Crippen LogP contribution is -2.07. The van der Waals surface area contributed by atoms with E-state index in [1.807, 2.05) is 0 Å². The molecule has 0 bridgehead atoms. The molecule has 0 fully saturated rings. The lowest BCUT2D eigenvalue weighted by atomic mass is 10.1. The summed E-state index contributed by atoms with van der Waals surface area (Å²) < 4.78 is 50.1. The van der Waals surface area contributed by atoms with Crippen molar-refractivity contribution in [2.45, 2.75) is 6.18 Å². The van der Waals surface area contributed by atoms with E-state index in [9.17, 15) is 17.6 Å². The molecular weight excluding hydrogens is 216 g/mol. The molecule has 0 unspecified atom stereocenters. The van der Waals surface area contributed by atoms with Gasteiger partial charge in [0.2, 0.25) is 0 Å². The van der Waals surface area contributed by atoms with Crippen molar-refractivity contribution in [2.24, 2.45) is 0 Å². The maximum atomic E-state index is 13.0. The number of thiophene rings is 1. The summed E-state index contributed by atoms with van der Waals surface area (Å²) in [5, 5.41) is 1.88. The Morgan fingerprint density at radius 2 is 1.93 bits per heavy atom. The van der Waals surface area contributed by atoms with Crippen molar-refractivity contribution >= 4 is 21.4 Å². The topological polar surface area (TPSA) is 0 Å². The molecule has 0 saturated heterocycles. The van der Waals surface area contributed by atoms with E-state index in [1.54, 1.807) is 0 Å². The van der Waals surface area contributed by atoms with Crippen molar-refractivity contribution in [2.75, 3.05) is 0 Å². The molecule has 0 nitrogen and oxygen atoms in total. The first-order valence-corrected chi connectivity index (χ1v) is 4.52. The maximum absolute atomic E-state index is 13.0. The van der Waals surface area contributed by atoms with Crippen molar-refractivity contribution < 1.29 is 17.6 Å². The average molecular weight is 219 g/mol. The zero-order valence-corrected chi connectivity index (χ0v) is 7.47. The lowest BCUT2D eigenvalue weighted by Gasteiger charge is -2.07. The molecule has 0 aliphatic rings. The molecule has 0 saturated carbocycles. The summed E-state index contributed by atoms with van der Waals surface area (Å²) in [7, 11) is 0. The number of benzene rings is 1. The highest BCUT2D eigenvalue weighted by Gasteiger charge is 2.34. The van der Waals surface area contributed by atoms with Gasteiger partial charge in [-0.15, -0.1) is 11.3 Å². The molecule has 0 aliphatic heterocycles. The number of rotatable bonds is 0. The molecule has 1 radical (unpaired) electrons. The Hall–Kier alpha value is -1.10. The number of alkyl halides is 3. The number of halogens is 4. The van der Waals surface area contributed by atoms with Crippen LogP contribution in [0, 0.1) is 11.9 Å². The van der Waals surface area contributed by atoms with E-state index in [-0.39, 0.29) is 0 Å². The Bertz CT molecular complexity index is 469. The molecule has 0 spiro atoms. The monoisotopic (exact) mass is 219 g/mol. The van der Waals surface area contributed by atoms with Crippen LogP contribution in [0.4, 0.5) is 17.6 Å². The van der Waals surface area contributed by atoms with Gasteiger partial charge in [0.15, 0.2) is 0 Å².